The second kappa shape index (κ2) is 13.8. The predicted molar refractivity (Wildman–Crippen MR) is 123 cm³/mol. The molecule has 3 heterocycles. The minimum atomic E-state index is -0.410. The van der Waals surface area contributed by atoms with E-state index in [0.29, 0.717) is 36.7 Å². The van der Waals surface area contributed by atoms with Gasteiger partial charge < -0.3 is 14.2 Å². The first-order valence-corrected chi connectivity index (χ1v) is 11.7. The molecule has 0 radical (unpaired) electrons. The Labute approximate surface area is 212 Å². The summed E-state index contributed by atoms with van der Waals surface area (Å²) in [6.07, 6.45) is 4.96. The van der Waals surface area contributed by atoms with Crippen LogP contribution in [-0.2, 0) is 67.9 Å². The molecule has 0 aliphatic heterocycles. The van der Waals surface area contributed by atoms with Crippen molar-refractivity contribution < 1.29 is 28.6 Å². The highest BCUT2D eigenvalue weighted by atomic mass is 16.5. The Morgan fingerprint density at radius 3 is 1.19 bits per heavy atom. The van der Waals surface area contributed by atoms with Gasteiger partial charge in [0.1, 0.15) is 19.6 Å². The van der Waals surface area contributed by atoms with Crippen molar-refractivity contribution in [1.29, 1.82) is 0 Å². The lowest BCUT2D eigenvalue weighted by atomic mass is 10.3. The molecule has 16 heteroatoms. The zero-order chi connectivity index (χ0) is 26.6. The number of carbonyl (C=O) groups excluding carboxylic acids is 3. The summed E-state index contributed by atoms with van der Waals surface area (Å²) in [5.74, 6) is -1.23. The Morgan fingerprint density at radius 1 is 0.622 bits per heavy atom. The Morgan fingerprint density at radius 2 is 0.919 bits per heavy atom. The molecule has 0 aliphatic rings. The molecule has 0 bridgehead atoms. The highest BCUT2D eigenvalue weighted by molar-refractivity contribution is 5.69. The average Bonchev–Trinajstić information content (AvgIpc) is 3.57. The van der Waals surface area contributed by atoms with E-state index in [9.17, 15) is 14.4 Å². The van der Waals surface area contributed by atoms with Gasteiger partial charge in [-0.15, -0.1) is 15.3 Å². The molecule has 0 N–H and O–H groups in total. The fourth-order valence-corrected chi connectivity index (χ4v) is 3.34. The molecule has 0 amide bonds. The Hall–Kier alpha value is -4.21. The van der Waals surface area contributed by atoms with Gasteiger partial charge in [0, 0.05) is 19.6 Å². The van der Waals surface area contributed by atoms with Crippen molar-refractivity contribution in [3.8, 4) is 0 Å². The van der Waals surface area contributed by atoms with Crippen LogP contribution >= 0.6 is 0 Å². The smallest absolute Gasteiger partial charge is 0.327 e. The van der Waals surface area contributed by atoms with Gasteiger partial charge in [0.25, 0.3) is 0 Å². The van der Waals surface area contributed by atoms with Crippen LogP contribution in [0.2, 0.25) is 0 Å². The molecule has 200 valence electrons. The van der Waals surface area contributed by atoms with Crippen LogP contribution in [0.3, 0.4) is 0 Å². The number of hydrogen-bond acceptors (Lipinski definition) is 13. The molecule has 0 saturated carbocycles. The molecule has 3 rings (SSSR count). The molecule has 3 aromatic heterocycles. The summed E-state index contributed by atoms with van der Waals surface area (Å²) in [6, 6.07) is 0. The molecule has 0 aliphatic carbocycles. The number of ether oxygens (including phenoxy) is 3. The molecular formula is C21H30N10O6. The standard InChI is InChI=1S/C21H30N10O6/c1-4-35-19(32)13-29-10-16(22-25-29)7-28(8-17-11-30(26-23-17)14-20(33)36-5-2)9-18-12-31(27-24-18)15-21(34)37-6-3/h10-12H,4-9,13-15H2,1-3H3. The quantitative estimate of drug-likeness (QED) is 0.183. The van der Waals surface area contributed by atoms with E-state index in [1.165, 1.54) is 14.0 Å². The predicted octanol–water partition coefficient (Wildman–Crippen LogP) is -0.647. The van der Waals surface area contributed by atoms with E-state index in [1.54, 1.807) is 39.4 Å². The lowest BCUT2D eigenvalue weighted by Gasteiger charge is -2.18. The largest absolute Gasteiger partial charge is 0.465 e. The highest BCUT2D eigenvalue weighted by Crippen LogP contribution is 2.11. The minimum Gasteiger partial charge on any atom is -0.465 e. The summed E-state index contributed by atoms with van der Waals surface area (Å²) >= 11 is 0. The number of nitrogens with zero attached hydrogens (tertiary/aromatic N) is 10. The minimum absolute atomic E-state index is 0.0504. The van der Waals surface area contributed by atoms with Crippen LogP contribution in [-0.4, -0.2) is 87.6 Å². The Kier molecular flexibility index (Phi) is 10.2. The van der Waals surface area contributed by atoms with Crippen molar-refractivity contribution in [2.24, 2.45) is 0 Å². The molecule has 0 atom stereocenters. The van der Waals surface area contributed by atoms with Crippen molar-refractivity contribution in [2.45, 2.75) is 60.0 Å². The second-order valence-electron chi connectivity index (χ2n) is 7.78. The van der Waals surface area contributed by atoms with Gasteiger partial charge in [0.15, 0.2) is 0 Å². The average molecular weight is 519 g/mol. The first-order chi connectivity index (χ1) is 17.9. The first-order valence-electron chi connectivity index (χ1n) is 11.7. The van der Waals surface area contributed by atoms with Crippen LogP contribution in [0, 0.1) is 0 Å². The van der Waals surface area contributed by atoms with Crippen LogP contribution in [0.1, 0.15) is 37.9 Å². The molecular weight excluding hydrogens is 488 g/mol. The van der Waals surface area contributed by atoms with Gasteiger partial charge >= 0.3 is 17.9 Å². The van der Waals surface area contributed by atoms with Gasteiger partial charge in [0.2, 0.25) is 0 Å². The van der Waals surface area contributed by atoms with Crippen molar-refractivity contribution in [1.82, 2.24) is 49.9 Å². The van der Waals surface area contributed by atoms with Gasteiger partial charge in [-0.25, -0.2) is 14.0 Å². The van der Waals surface area contributed by atoms with E-state index in [0.717, 1.165) is 0 Å². The number of carbonyl (C=O) groups is 3. The maximum Gasteiger partial charge on any atom is 0.327 e. The van der Waals surface area contributed by atoms with Gasteiger partial charge in [0.05, 0.1) is 55.5 Å². The summed E-state index contributed by atoms with van der Waals surface area (Å²) in [7, 11) is 0. The first kappa shape index (κ1) is 27.4. The maximum atomic E-state index is 11.7. The molecule has 0 unspecified atom stereocenters. The Bertz CT molecular complexity index is 1030. The highest BCUT2D eigenvalue weighted by Gasteiger charge is 2.17. The maximum absolute atomic E-state index is 11.7. The third-order valence-electron chi connectivity index (χ3n) is 4.70. The summed E-state index contributed by atoms with van der Waals surface area (Å²) in [5.41, 5.74) is 1.80. The molecule has 0 spiro atoms. The fourth-order valence-electron chi connectivity index (χ4n) is 3.34. The topological polar surface area (TPSA) is 174 Å². The van der Waals surface area contributed by atoms with Crippen LogP contribution in [0.25, 0.3) is 0 Å². The number of hydrogen-bond donors (Lipinski definition) is 0. The normalized spacial score (nSPS) is 11.0. The van der Waals surface area contributed by atoms with Gasteiger partial charge in [-0.3, -0.25) is 19.3 Å². The summed E-state index contributed by atoms with van der Waals surface area (Å²) in [4.78, 5) is 37.2. The van der Waals surface area contributed by atoms with E-state index in [2.05, 4.69) is 30.9 Å². The summed E-state index contributed by atoms with van der Waals surface area (Å²) < 4.78 is 19.0. The number of aromatic nitrogens is 9. The van der Waals surface area contributed by atoms with Crippen molar-refractivity contribution in [3.63, 3.8) is 0 Å². The zero-order valence-corrected chi connectivity index (χ0v) is 21.0. The van der Waals surface area contributed by atoms with Crippen LogP contribution in [0.5, 0.6) is 0 Å². The van der Waals surface area contributed by atoms with Gasteiger partial charge in [-0.2, -0.15) is 0 Å². The fraction of sp³-hybridized carbons (Fsp3) is 0.571. The third-order valence-corrected chi connectivity index (χ3v) is 4.70. The lowest BCUT2D eigenvalue weighted by molar-refractivity contribution is -0.145. The summed E-state index contributed by atoms with van der Waals surface area (Å²) in [5, 5.41) is 24.4. The van der Waals surface area contributed by atoms with Crippen molar-refractivity contribution in [2.75, 3.05) is 19.8 Å². The number of esters is 3. The zero-order valence-electron chi connectivity index (χ0n) is 21.0. The van der Waals surface area contributed by atoms with E-state index < -0.39 is 17.9 Å². The van der Waals surface area contributed by atoms with Gasteiger partial charge in [-0.05, 0) is 20.8 Å². The van der Waals surface area contributed by atoms with Crippen molar-refractivity contribution >= 4 is 17.9 Å². The molecule has 3 aromatic rings. The molecule has 0 aromatic carbocycles. The van der Waals surface area contributed by atoms with E-state index in [4.69, 9.17) is 14.2 Å². The molecule has 16 nitrogen and oxygen atoms in total. The molecule has 0 saturated heterocycles. The van der Waals surface area contributed by atoms with E-state index in [1.807, 2.05) is 4.90 Å². The van der Waals surface area contributed by atoms with E-state index >= 15 is 0 Å². The second-order valence-corrected chi connectivity index (χ2v) is 7.78. The SMILES string of the molecule is CCOC(=O)Cn1cc(CN(Cc2cn(CC(=O)OCC)nn2)Cc2cn(CC(=O)OCC)nn2)nn1. The van der Waals surface area contributed by atoms with E-state index in [-0.39, 0.29) is 39.5 Å². The third kappa shape index (κ3) is 9.06. The van der Waals surface area contributed by atoms with Crippen LogP contribution in [0.4, 0.5) is 0 Å². The van der Waals surface area contributed by atoms with Crippen LogP contribution in [0.15, 0.2) is 18.6 Å². The van der Waals surface area contributed by atoms with Crippen molar-refractivity contribution in [3.05, 3.63) is 35.7 Å². The Balaban J connectivity index is 1.70. The lowest BCUT2D eigenvalue weighted by Crippen LogP contribution is -2.23. The molecule has 37 heavy (non-hydrogen) atoms. The molecule has 0 fully saturated rings. The summed E-state index contributed by atoms with van der Waals surface area (Å²) in [6.45, 7) is 6.87. The van der Waals surface area contributed by atoms with Crippen LogP contribution < -0.4 is 0 Å². The van der Waals surface area contributed by atoms with Gasteiger partial charge in [-0.1, -0.05) is 15.6 Å². The number of rotatable bonds is 15. The monoisotopic (exact) mass is 518 g/mol.